The van der Waals surface area contributed by atoms with E-state index in [2.05, 4.69) is 33.9 Å². The summed E-state index contributed by atoms with van der Waals surface area (Å²) in [6, 6.07) is 0. The van der Waals surface area contributed by atoms with E-state index >= 15 is 0 Å². The van der Waals surface area contributed by atoms with E-state index < -0.39 is 0 Å². The normalized spacial score (nSPS) is 20.7. The zero-order valence-corrected chi connectivity index (χ0v) is 13.5. The molecule has 19 heavy (non-hydrogen) atoms. The van der Waals surface area contributed by atoms with Crippen molar-refractivity contribution in [2.75, 3.05) is 45.6 Å². The van der Waals surface area contributed by atoms with Gasteiger partial charge in [0.2, 0.25) is 0 Å². The summed E-state index contributed by atoms with van der Waals surface area (Å²) in [7, 11) is 1.88. The Kier molecular flexibility index (Phi) is 9.08. The van der Waals surface area contributed by atoms with Crippen molar-refractivity contribution in [2.45, 2.75) is 38.4 Å². The Morgan fingerprint density at radius 2 is 2.26 bits per heavy atom. The molecule has 1 N–H and O–H groups in total. The number of guanidine groups is 1. The lowest BCUT2D eigenvalue weighted by molar-refractivity contribution is 0.143. The molecule has 1 atom stereocenters. The molecule has 0 radical (unpaired) electrons. The summed E-state index contributed by atoms with van der Waals surface area (Å²) < 4.78 is 5.34. The van der Waals surface area contributed by atoms with Crippen LogP contribution in [0.3, 0.4) is 0 Å². The zero-order chi connectivity index (χ0) is 13.9. The van der Waals surface area contributed by atoms with Crippen LogP contribution in [0, 0.1) is 0 Å². The molecule has 1 rings (SSSR count). The van der Waals surface area contributed by atoms with E-state index in [0.717, 1.165) is 56.9 Å². The summed E-state index contributed by atoms with van der Waals surface area (Å²) in [5, 5.41) is 4.23. The van der Waals surface area contributed by atoms with Gasteiger partial charge in [0.05, 0.1) is 0 Å². The molecule has 0 aromatic carbocycles. The number of rotatable bonds is 7. The first-order valence-electron chi connectivity index (χ1n) is 7.46. The van der Waals surface area contributed by atoms with E-state index in [1.54, 1.807) is 0 Å². The molecular formula is C14H29N3OS. The molecule has 1 heterocycles. The van der Waals surface area contributed by atoms with Crippen molar-refractivity contribution < 1.29 is 4.74 Å². The van der Waals surface area contributed by atoms with E-state index in [1.165, 1.54) is 12.2 Å². The van der Waals surface area contributed by atoms with Crippen LogP contribution in [0.5, 0.6) is 0 Å². The predicted octanol–water partition coefficient (Wildman–Crippen LogP) is 2.21. The van der Waals surface area contributed by atoms with Gasteiger partial charge >= 0.3 is 0 Å². The molecule has 1 aliphatic rings. The molecule has 0 aromatic heterocycles. The van der Waals surface area contributed by atoms with E-state index in [9.17, 15) is 0 Å². The Labute approximate surface area is 122 Å². The molecule has 1 aliphatic heterocycles. The van der Waals surface area contributed by atoms with Crippen LogP contribution in [0.4, 0.5) is 0 Å². The van der Waals surface area contributed by atoms with Gasteiger partial charge in [-0.05, 0) is 26.2 Å². The lowest BCUT2D eigenvalue weighted by atomic mass is 10.3. The highest BCUT2D eigenvalue weighted by molar-refractivity contribution is 8.00. The summed E-state index contributed by atoms with van der Waals surface area (Å²) >= 11 is 2.09. The second-order valence-electron chi connectivity index (χ2n) is 4.73. The topological polar surface area (TPSA) is 36.9 Å². The first-order chi connectivity index (χ1) is 9.31. The van der Waals surface area contributed by atoms with Gasteiger partial charge in [-0.1, -0.05) is 6.92 Å². The average Bonchev–Trinajstić information content (AvgIpc) is 2.46. The number of unbranched alkanes of at least 4 members (excludes halogenated alkanes) is 1. The fourth-order valence-electron chi connectivity index (χ4n) is 2.16. The van der Waals surface area contributed by atoms with Crippen LogP contribution < -0.4 is 5.32 Å². The molecule has 1 unspecified atom stereocenters. The van der Waals surface area contributed by atoms with E-state index in [4.69, 9.17) is 4.74 Å². The second kappa shape index (κ2) is 10.4. The minimum Gasteiger partial charge on any atom is -0.382 e. The second-order valence-corrected chi connectivity index (χ2v) is 6.13. The third kappa shape index (κ3) is 6.52. The quantitative estimate of drug-likeness (QED) is 0.442. The Morgan fingerprint density at radius 1 is 1.42 bits per heavy atom. The number of thioether (sulfide) groups is 1. The highest BCUT2D eigenvalue weighted by atomic mass is 32.2. The lowest BCUT2D eigenvalue weighted by Gasteiger charge is -2.34. The highest BCUT2D eigenvalue weighted by Crippen LogP contribution is 2.20. The maximum absolute atomic E-state index is 5.34. The van der Waals surface area contributed by atoms with E-state index in [1.807, 2.05) is 14.0 Å². The Hall–Kier alpha value is -0.420. The monoisotopic (exact) mass is 287 g/mol. The van der Waals surface area contributed by atoms with Crippen molar-refractivity contribution in [3.63, 3.8) is 0 Å². The molecule has 0 saturated carbocycles. The molecule has 1 fully saturated rings. The van der Waals surface area contributed by atoms with Crippen LogP contribution in [0.15, 0.2) is 4.99 Å². The van der Waals surface area contributed by atoms with Crippen molar-refractivity contribution in [3.8, 4) is 0 Å². The van der Waals surface area contributed by atoms with Gasteiger partial charge in [-0.25, -0.2) is 0 Å². The Morgan fingerprint density at radius 3 is 2.95 bits per heavy atom. The molecule has 0 amide bonds. The van der Waals surface area contributed by atoms with Gasteiger partial charge in [0.25, 0.3) is 0 Å². The fraction of sp³-hybridized carbons (Fsp3) is 0.929. The van der Waals surface area contributed by atoms with E-state index in [-0.39, 0.29) is 0 Å². The van der Waals surface area contributed by atoms with Crippen molar-refractivity contribution in [1.82, 2.24) is 10.2 Å². The zero-order valence-electron chi connectivity index (χ0n) is 12.7. The molecule has 0 aliphatic carbocycles. The minimum atomic E-state index is 0.755. The summed E-state index contributed by atoms with van der Waals surface area (Å²) in [5.41, 5.74) is 0. The van der Waals surface area contributed by atoms with Crippen LogP contribution in [-0.4, -0.2) is 61.8 Å². The largest absolute Gasteiger partial charge is 0.382 e. The summed E-state index contributed by atoms with van der Waals surface area (Å²) in [4.78, 5) is 6.80. The van der Waals surface area contributed by atoms with Crippen molar-refractivity contribution in [1.29, 1.82) is 0 Å². The maximum Gasteiger partial charge on any atom is 0.193 e. The number of aliphatic imine (C=N–C) groups is 1. The first-order valence-corrected chi connectivity index (χ1v) is 8.51. The Balaban J connectivity index is 2.21. The van der Waals surface area contributed by atoms with Crippen LogP contribution >= 0.6 is 11.8 Å². The van der Waals surface area contributed by atoms with Gasteiger partial charge in [0, 0.05) is 50.9 Å². The van der Waals surface area contributed by atoms with Crippen molar-refractivity contribution in [2.24, 2.45) is 4.99 Å². The fourth-order valence-corrected chi connectivity index (χ4v) is 3.34. The van der Waals surface area contributed by atoms with Gasteiger partial charge in [-0.15, -0.1) is 0 Å². The molecule has 1 saturated heterocycles. The van der Waals surface area contributed by atoms with Crippen LogP contribution in [0.1, 0.15) is 33.1 Å². The van der Waals surface area contributed by atoms with Crippen molar-refractivity contribution in [3.05, 3.63) is 0 Å². The van der Waals surface area contributed by atoms with Gasteiger partial charge in [0.15, 0.2) is 5.96 Å². The van der Waals surface area contributed by atoms with Gasteiger partial charge in [0.1, 0.15) is 0 Å². The third-order valence-corrected chi connectivity index (χ3v) is 4.68. The predicted molar refractivity (Wildman–Crippen MR) is 85.2 cm³/mol. The molecule has 0 bridgehead atoms. The molecule has 112 valence electrons. The standard InChI is InChI=1S/C14H29N3OS/c1-4-13-12-17(9-11-19-13)14(15-3)16-8-6-7-10-18-5-2/h13H,4-12H2,1-3H3,(H,15,16). The van der Waals surface area contributed by atoms with E-state index in [0.29, 0.717) is 0 Å². The SMILES string of the molecule is CCOCCCCNC(=NC)N1CCSC(CC)C1. The summed E-state index contributed by atoms with van der Waals surface area (Å²) in [5.74, 6) is 2.28. The lowest BCUT2D eigenvalue weighted by Crippen LogP contribution is -2.48. The Bertz CT molecular complexity index is 261. The van der Waals surface area contributed by atoms with Crippen LogP contribution in [0.2, 0.25) is 0 Å². The van der Waals surface area contributed by atoms with Crippen molar-refractivity contribution >= 4 is 17.7 Å². The highest BCUT2D eigenvalue weighted by Gasteiger charge is 2.20. The first kappa shape index (κ1) is 16.6. The summed E-state index contributed by atoms with van der Waals surface area (Å²) in [6.07, 6.45) is 3.50. The van der Waals surface area contributed by atoms with Gasteiger partial charge in [-0.3, -0.25) is 4.99 Å². The average molecular weight is 287 g/mol. The van der Waals surface area contributed by atoms with Gasteiger partial charge in [-0.2, -0.15) is 11.8 Å². The molecular weight excluding hydrogens is 258 g/mol. The van der Waals surface area contributed by atoms with Gasteiger partial charge < -0.3 is 15.0 Å². The molecule has 5 heteroatoms. The number of nitrogens with one attached hydrogen (secondary N) is 1. The number of nitrogens with zero attached hydrogens (tertiary/aromatic N) is 2. The van der Waals surface area contributed by atoms with Crippen LogP contribution in [-0.2, 0) is 4.74 Å². The number of ether oxygens (including phenoxy) is 1. The maximum atomic E-state index is 5.34. The summed E-state index contributed by atoms with van der Waals surface area (Å²) in [6.45, 7) is 9.22. The number of hydrogen-bond donors (Lipinski definition) is 1. The van der Waals surface area contributed by atoms with Crippen LogP contribution in [0.25, 0.3) is 0 Å². The number of hydrogen-bond acceptors (Lipinski definition) is 3. The molecule has 0 spiro atoms. The molecule has 4 nitrogen and oxygen atoms in total. The minimum absolute atomic E-state index is 0.755. The third-order valence-electron chi connectivity index (χ3n) is 3.31. The smallest absolute Gasteiger partial charge is 0.193 e. The molecule has 0 aromatic rings.